The fourth-order valence-electron chi connectivity index (χ4n) is 4.16. The van der Waals surface area contributed by atoms with E-state index in [1.807, 2.05) is 28.8 Å². The van der Waals surface area contributed by atoms with E-state index in [0.29, 0.717) is 6.42 Å². The Kier molecular flexibility index (Phi) is 5.55. The Bertz CT molecular complexity index is 868. The number of para-hydroxylation sites is 2. The summed E-state index contributed by atoms with van der Waals surface area (Å²) in [6, 6.07) is 16.4. The number of benzene rings is 2. The molecule has 0 atom stereocenters. The van der Waals surface area contributed by atoms with Gasteiger partial charge in [-0.25, -0.2) is 0 Å². The lowest BCUT2D eigenvalue weighted by molar-refractivity contribution is 0.0908. The number of carbonyl (C=O) groups excluding carboxylic acids is 1. The number of likely N-dealkylation sites (N-methyl/N-ethyl adjacent to an activating group) is 1. The van der Waals surface area contributed by atoms with Crippen molar-refractivity contribution in [3.63, 3.8) is 0 Å². The molecule has 1 aliphatic rings. The molecule has 0 spiro atoms. The minimum absolute atomic E-state index is 0.215. The van der Waals surface area contributed by atoms with Crippen molar-refractivity contribution in [2.75, 3.05) is 39.8 Å². The maximum atomic E-state index is 13.0. The first-order valence-electron chi connectivity index (χ1n) is 10.2. The topological polar surface area (TPSA) is 28.5 Å². The van der Waals surface area contributed by atoms with Gasteiger partial charge in [0.15, 0.2) is 0 Å². The monoisotopic (exact) mass is 363 g/mol. The number of rotatable bonds is 6. The molecule has 4 heteroatoms. The SMILES string of the molecule is CN1CCN(CCCCCC(=O)n2c3ccccc3c3ccccc32)CC1. The maximum Gasteiger partial charge on any atom is 0.231 e. The Balaban J connectivity index is 1.36. The summed E-state index contributed by atoms with van der Waals surface area (Å²) >= 11 is 0. The van der Waals surface area contributed by atoms with Gasteiger partial charge in [0.2, 0.25) is 5.91 Å². The van der Waals surface area contributed by atoms with Gasteiger partial charge in [0.1, 0.15) is 0 Å². The van der Waals surface area contributed by atoms with E-state index in [0.717, 1.165) is 41.2 Å². The number of unbranched alkanes of at least 4 members (excludes halogenated alkanes) is 2. The van der Waals surface area contributed by atoms with Gasteiger partial charge < -0.3 is 9.80 Å². The highest BCUT2D eigenvalue weighted by Crippen LogP contribution is 2.29. The van der Waals surface area contributed by atoms with Crippen molar-refractivity contribution in [2.45, 2.75) is 25.7 Å². The predicted molar refractivity (Wildman–Crippen MR) is 112 cm³/mol. The Morgan fingerprint density at radius 3 is 2.04 bits per heavy atom. The zero-order chi connectivity index (χ0) is 18.6. The quantitative estimate of drug-likeness (QED) is 0.613. The highest BCUT2D eigenvalue weighted by molar-refractivity contribution is 6.13. The van der Waals surface area contributed by atoms with Crippen molar-refractivity contribution < 1.29 is 4.79 Å². The summed E-state index contributed by atoms with van der Waals surface area (Å²) in [5.41, 5.74) is 2.06. The van der Waals surface area contributed by atoms with Crippen LogP contribution in [0.4, 0.5) is 0 Å². The van der Waals surface area contributed by atoms with Gasteiger partial charge in [-0.1, -0.05) is 42.8 Å². The highest BCUT2D eigenvalue weighted by Gasteiger charge is 2.15. The fourth-order valence-corrected chi connectivity index (χ4v) is 4.16. The maximum absolute atomic E-state index is 13.0. The van der Waals surface area contributed by atoms with Gasteiger partial charge >= 0.3 is 0 Å². The van der Waals surface area contributed by atoms with Crippen molar-refractivity contribution in [3.05, 3.63) is 48.5 Å². The van der Waals surface area contributed by atoms with Crippen molar-refractivity contribution in [1.82, 2.24) is 14.4 Å². The average Bonchev–Trinajstić information content (AvgIpc) is 3.04. The summed E-state index contributed by atoms with van der Waals surface area (Å²) in [4.78, 5) is 17.9. The number of carbonyl (C=O) groups is 1. The smallest absolute Gasteiger partial charge is 0.231 e. The standard InChI is InChI=1S/C23H29N3O/c1-24-15-17-25(18-16-24)14-8-2-3-13-23(27)26-21-11-6-4-9-19(21)20-10-5-7-12-22(20)26/h4-7,9-12H,2-3,8,13-18H2,1H3. The van der Waals surface area contributed by atoms with E-state index in [4.69, 9.17) is 0 Å². The Hall–Kier alpha value is -2.17. The minimum atomic E-state index is 0.215. The summed E-state index contributed by atoms with van der Waals surface area (Å²) < 4.78 is 1.92. The van der Waals surface area contributed by atoms with Gasteiger partial charge in [0.25, 0.3) is 0 Å². The van der Waals surface area contributed by atoms with Crippen molar-refractivity contribution in [1.29, 1.82) is 0 Å². The van der Waals surface area contributed by atoms with Crippen LogP contribution in [0.15, 0.2) is 48.5 Å². The van der Waals surface area contributed by atoms with Crippen molar-refractivity contribution in [2.24, 2.45) is 0 Å². The van der Waals surface area contributed by atoms with Crippen LogP contribution >= 0.6 is 0 Å². The average molecular weight is 364 g/mol. The molecule has 27 heavy (non-hydrogen) atoms. The first-order valence-corrected chi connectivity index (χ1v) is 10.2. The van der Waals surface area contributed by atoms with Crippen LogP contribution in [0.2, 0.25) is 0 Å². The van der Waals surface area contributed by atoms with Crippen molar-refractivity contribution in [3.8, 4) is 0 Å². The van der Waals surface area contributed by atoms with Crippen LogP contribution in [-0.2, 0) is 0 Å². The van der Waals surface area contributed by atoms with Crippen LogP contribution in [0.5, 0.6) is 0 Å². The second-order valence-electron chi connectivity index (χ2n) is 7.72. The van der Waals surface area contributed by atoms with E-state index < -0.39 is 0 Å². The van der Waals surface area contributed by atoms with E-state index in [1.54, 1.807) is 0 Å². The van der Waals surface area contributed by atoms with Crippen molar-refractivity contribution >= 4 is 27.7 Å². The summed E-state index contributed by atoms with van der Waals surface area (Å²) in [7, 11) is 2.19. The number of aromatic nitrogens is 1. The Labute approximate surface area is 161 Å². The molecule has 0 unspecified atom stereocenters. The lowest BCUT2D eigenvalue weighted by atomic mass is 10.1. The third-order valence-electron chi connectivity index (χ3n) is 5.79. The lowest BCUT2D eigenvalue weighted by Crippen LogP contribution is -2.44. The molecule has 0 bridgehead atoms. The van der Waals surface area contributed by atoms with Crippen LogP contribution in [-0.4, -0.2) is 60.0 Å². The zero-order valence-corrected chi connectivity index (χ0v) is 16.2. The number of piperazine rings is 1. The molecule has 3 aromatic rings. The number of fused-ring (bicyclic) bond motifs is 3. The lowest BCUT2D eigenvalue weighted by Gasteiger charge is -2.32. The second-order valence-corrected chi connectivity index (χ2v) is 7.72. The number of hydrogen-bond donors (Lipinski definition) is 0. The van der Waals surface area contributed by atoms with Crippen LogP contribution in [0.1, 0.15) is 30.5 Å². The summed E-state index contributed by atoms with van der Waals surface area (Å²) in [5.74, 6) is 0.215. The van der Waals surface area contributed by atoms with Gasteiger partial charge in [-0.05, 0) is 38.6 Å². The van der Waals surface area contributed by atoms with Crippen LogP contribution in [0, 0.1) is 0 Å². The molecular formula is C23H29N3O. The molecule has 1 saturated heterocycles. The molecule has 4 rings (SSSR count). The third-order valence-corrected chi connectivity index (χ3v) is 5.79. The molecule has 0 radical (unpaired) electrons. The largest absolute Gasteiger partial charge is 0.304 e. The Morgan fingerprint density at radius 1 is 0.815 bits per heavy atom. The Morgan fingerprint density at radius 2 is 1.41 bits per heavy atom. The minimum Gasteiger partial charge on any atom is -0.304 e. The van der Waals surface area contributed by atoms with Crippen LogP contribution in [0.3, 0.4) is 0 Å². The zero-order valence-electron chi connectivity index (χ0n) is 16.2. The predicted octanol–water partition coefficient (Wildman–Crippen LogP) is 4.24. The molecule has 0 amide bonds. The van der Waals surface area contributed by atoms with Crippen LogP contribution < -0.4 is 0 Å². The molecular weight excluding hydrogens is 334 g/mol. The molecule has 2 heterocycles. The first kappa shape index (κ1) is 18.2. The molecule has 142 valence electrons. The molecule has 1 fully saturated rings. The molecule has 0 saturated carbocycles. The summed E-state index contributed by atoms with van der Waals surface area (Å²) in [5, 5.41) is 2.33. The van der Waals surface area contributed by atoms with E-state index in [9.17, 15) is 4.79 Å². The van der Waals surface area contributed by atoms with Crippen LogP contribution in [0.25, 0.3) is 21.8 Å². The first-order chi connectivity index (χ1) is 13.2. The van der Waals surface area contributed by atoms with Gasteiger partial charge in [-0.2, -0.15) is 0 Å². The molecule has 1 aromatic heterocycles. The molecule has 0 N–H and O–H groups in total. The molecule has 1 aliphatic heterocycles. The summed E-state index contributed by atoms with van der Waals surface area (Å²) in [6.07, 6.45) is 3.89. The second kappa shape index (κ2) is 8.24. The van der Waals surface area contributed by atoms with Gasteiger partial charge in [-0.3, -0.25) is 9.36 Å². The van der Waals surface area contributed by atoms with E-state index in [1.165, 1.54) is 32.6 Å². The third kappa shape index (κ3) is 3.92. The van der Waals surface area contributed by atoms with E-state index in [-0.39, 0.29) is 5.91 Å². The summed E-state index contributed by atoms with van der Waals surface area (Å²) in [6.45, 7) is 5.86. The molecule has 4 nitrogen and oxygen atoms in total. The number of nitrogens with zero attached hydrogens (tertiary/aromatic N) is 3. The number of hydrogen-bond acceptors (Lipinski definition) is 3. The fraction of sp³-hybridized carbons (Fsp3) is 0.435. The van der Waals surface area contributed by atoms with E-state index in [2.05, 4.69) is 41.1 Å². The van der Waals surface area contributed by atoms with E-state index >= 15 is 0 Å². The van der Waals surface area contributed by atoms with Gasteiger partial charge in [0.05, 0.1) is 11.0 Å². The molecule has 2 aromatic carbocycles. The van der Waals surface area contributed by atoms with Gasteiger partial charge in [-0.15, -0.1) is 0 Å². The normalized spacial score (nSPS) is 16.3. The highest BCUT2D eigenvalue weighted by atomic mass is 16.2. The van der Waals surface area contributed by atoms with Gasteiger partial charge in [0, 0.05) is 43.4 Å². The molecule has 0 aliphatic carbocycles.